The van der Waals surface area contributed by atoms with Crippen molar-refractivity contribution in [3.63, 3.8) is 0 Å². The number of benzene rings is 1. The Bertz CT molecular complexity index is 1400. The maximum atomic E-state index is 13.1. The van der Waals surface area contributed by atoms with Crippen molar-refractivity contribution in [2.45, 2.75) is 76.2 Å². The summed E-state index contributed by atoms with van der Waals surface area (Å²) in [6, 6.07) is 7.96. The third-order valence-electron chi connectivity index (χ3n) is 8.72. The Labute approximate surface area is 242 Å². The number of carbonyl (C=O) groups excluding carboxylic acids is 2. The number of hydrogen-bond acceptors (Lipinski definition) is 7. The maximum Gasteiger partial charge on any atom is 0.253 e. The van der Waals surface area contributed by atoms with Crippen molar-refractivity contribution < 1.29 is 14.0 Å². The van der Waals surface area contributed by atoms with Crippen LogP contribution in [-0.4, -0.2) is 71.6 Å². The van der Waals surface area contributed by atoms with Gasteiger partial charge in [0.25, 0.3) is 5.91 Å². The number of carbonyl (C=O) groups is 2. The van der Waals surface area contributed by atoms with E-state index in [2.05, 4.69) is 39.8 Å². The molecule has 2 atom stereocenters. The smallest absolute Gasteiger partial charge is 0.253 e. The molecule has 9 heteroatoms. The predicted octanol–water partition coefficient (Wildman–Crippen LogP) is 4.23. The molecule has 1 saturated heterocycles. The molecule has 5 rings (SSSR count). The fraction of sp³-hybridized carbons (Fsp3) is 0.531. The SMILES string of the molecule is Cc1nnc(C2(CCNCC(=O)N3CCCCC3C#N)C3=C(C=CCCC3)CCc3cc(C(=O)N(C)C)ccc32)o1. The van der Waals surface area contributed by atoms with Gasteiger partial charge in [0.15, 0.2) is 0 Å². The lowest BCUT2D eigenvalue weighted by molar-refractivity contribution is -0.132. The van der Waals surface area contributed by atoms with Crippen molar-refractivity contribution in [1.29, 1.82) is 5.26 Å². The van der Waals surface area contributed by atoms with Crippen molar-refractivity contribution in [3.05, 3.63) is 70.0 Å². The fourth-order valence-corrected chi connectivity index (χ4v) is 6.69. The van der Waals surface area contributed by atoms with E-state index in [0.29, 0.717) is 36.9 Å². The third kappa shape index (κ3) is 5.71. The second kappa shape index (κ2) is 12.4. The number of nitrogens with one attached hydrogen (secondary N) is 1. The van der Waals surface area contributed by atoms with Gasteiger partial charge in [0, 0.05) is 33.1 Å². The summed E-state index contributed by atoms with van der Waals surface area (Å²) in [5.74, 6) is 0.997. The van der Waals surface area contributed by atoms with Crippen LogP contribution in [0.3, 0.4) is 0 Å². The number of amides is 2. The number of likely N-dealkylation sites (tertiary alicyclic amines) is 1. The third-order valence-corrected chi connectivity index (χ3v) is 8.72. The van der Waals surface area contributed by atoms with Gasteiger partial charge < -0.3 is 19.5 Å². The molecule has 0 spiro atoms. The molecule has 2 aliphatic carbocycles. The van der Waals surface area contributed by atoms with E-state index in [0.717, 1.165) is 62.5 Å². The molecule has 2 amide bonds. The first-order valence-electron chi connectivity index (χ1n) is 14.8. The largest absolute Gasteiger partial charge is 0.424 e. The number of hydrogen-bond donors (Lipinski definition) is 1. The van der Waals surface area contributed by atoms with E-state index in [1.54, 1.807) is 23.9 Å². The zero-order valence-electron chi connectivity index (χ0n) is 24.4. The van der Waals surface area contributed by atoms with Crippen molar-refractivity contribution in [2.75, 3.05) is 33.7 Å². The molecule has 2 unspecified atom stereocenters. The van der Waals surface area contributed by atoms with Crippen LogP contribution in [0.1, 0.15) is 84.6 Å². The van der Waals surface area contributed by atoms with Crippen LogP contribution in [0.25, 0.3) is 0 Å². The van der Waals surface area contributed by atoms with Crippen LogP contribution in [0.5, 0.6) is 0 Å². The quantitative estimate of drug-likeness (QED) is 0.508. The van der Waals surface area contributed by atoms with Crippen LogP contribution in [-0.2, 0) is 16.6 Å². The van der Waals surface area contributed by atoms with E-state index in [1.807, 2.05) is 19.1 Å². The van der Waals surface area contributed by atoms with Crippen LogP contribution < -0.4 is 5.32 Å². The minimum atomic E-state index is -0.687. The summed E-state index contributed by atoms with van der Waals surface area (Å²) in [5, 5.41) is 21.8. The Morgan fingerprint density at radius 3 is 2.80 bits per heavy atom. The van der Waals surface area contributed by atoms with E-state index in [9.17, 15) is 14.9 Å². The molecule has 0 radical (unpaired) electrons. The molecule has 2 aromatic rings. The molecule has 1 fully saturated rings. The molecule has 3 aliphatic rings. The summed E-state index contributed by atoms with van der Waals surface area (Å²) < 4.78 is 6.25. The number of fused-ring (bicyclic) bond motifs is 1. The van der Waals surface area contributed by atoms with Gasteiger partial charge in [0.2, 0.25) is 17.7 Å². The first-order valence-corrected chi connectivity index (χ1v) is 14.8. The number of nitriles is 1. The molecule has 0 bridgehead atoms. The Morgan fingerprint density at radius 1 is 1.20 bits per heavy atom. The summed E-state index contributed by atoms with van der Waals surface area (Å²) in [5.41, 5.74) is 4.74. The van der Waals surface area contributed by atoms with Crippen LogP contribution in [0.4, 0.5) is 0 Å². The molecule has 1 aromatic heterocycles. The summed E-state index contributed by atoms with van der Waals surface area (Å²) in [6.07, 6.45) is 12.4. The van der Waals surface area contributed by atoms with Crippen LogP contribution in [0.15, 0.2) is 45.9 Å². The summed E-state index contributed by atoms with van der Waals surface area (Å²) in [7, 11) is 3.54. The normalized spacial score (nSPS) is 22.3. The van der Waals surface area contributed by atoms with E-state index in [4.69, 9.17) is 4.42 Å². The van der Waals surface area contributed by atoms with E-state index in [1.165, 1.54) is 11.1 Å². The van der Waals surface area contributed by atoms with Gasteiger partial charge in [0.1, 0.15) is 6.04 Å². The van der Waals surface area contributed by atoms with E-state index >= 15 is 0 Å². The van der Waals surface area contributed by atoms with Crippen LogP contribution in [0.2, 0.25) is 0 Å². The van der Waals surface area contributed by atoms with Gasteiger partial charge in [-0.25, -0.2) is 0 Å². The standard InChI is InChI=1S/C32H40N6O3/c1-22-35-36-31(41-22)32(16-17-34-21-29(39)38-18-8-7-10-26(38)20-33)27-11-6-4-5-9-23(27)12-13-24-19-25(14-15-28(24)32)30(40)37(2)3/h5,9,14-15,19,26,34H,4,6-8,10-13,16-18,21H2,1-3H3. The average Bonchev–Trinajstić information content (AvgIpc) is 3.21. The van der Waals surface area contributed by atoms with Crippen molar-refractivity contribution in [2.24, 2.45) is 0 Å². The maximum absolute atomic E-state index is 13.1. The molecular formula is C32H40N6O3. The number of aryl methyl sites for hydroxylation is 2. The average molecular weight is 557 g/mol. The molecule has 1 aromatic carbocycles. The molecule has 0 saturated carbocycles. The molecule has 41 heavy (non-hydrogen) atoms. The van der Waals surface area contributed by atoms with E-state index in [-0.39, 0.29) is 24.4 Å². The minimum absolute atomic E-state index is 0.0285. The monoisotopic (exact) mass is 556 g/mol. The lowest BCUT2D eigenvalue weighted by Crippen LogP contribution is -2.47. The van der Waals surface area contributed by atoms with Gasteiger partial charge >= 0.3 is 0 Å². The van der Waals surface area contributed by atoms with Gasteiger partial charge in [-0.1, -0.05) is 18.2 Å². The zero-order chi connectivity index (χ0) is 29.0. The highest BCUT2D eigenvalue weighted by molar-refractivity contribution is 5.94. The highest BCUT2D eigenvalue weighted by atomic mass is 16.4. The van der Waals surface area contributed by atoms with Crippen LogP contribution >= 0.6 is 0 Å². The summed E-state index contributed by atoms with van der Waals surface area (Å²) in [6.45, 7) is 3.15. The Hall–Kier alpha value is -3.77. The second-order valence-electron chi connectivity index (χ2n) is 11.6. The topological polar surface area (TPSA) is 115 Å². The minimum Gasteiger partial charge on any atom is -0.424 e. The number of aromatic nitrogens is 2. The highest BCUT2D eigenvalue weighted by Gasteiger charge is 2.46. The van der Waals surface area contributed by atoms with E-state index < -0.39 is 5.41 Å². The van der Waals surface area contributed by atoms with Crippen LogP contribution in [0, 0.1) is 18.3 Å². The second-order valence-corrected chi connectivity index (χ2v) is 11.6. The van der Waals surface area contributed by atoms with Crippen molar-refractivity contribution in [3.8, 4) is 6.07 Å². The lowest BCUT2D eigenvalue weighted by atomic mass is 9.68. The molecule has 2 heterocycles. The molecule has 9 nitrogen and oxygen atoms in total. The number of rotatable bonds is 7. The fourth-order valence-electron chi connectivity index (χ4n) is 6.69. The lowest BCUT2D eigenvalue weighted by Gasteiger charge is -2.36. The zero-order valence-corrected chi connectivity index (χ0v) is 24.4. The summed E-state index contributed by atoms with van der Waals surface area (Å²) >= 11 is 0. The highest BCUT2D eigenvalue weighted by Crippen LogP contribution is 2.49. The molecule has 1 N–H and O–H groups in total. The van der Waals surface area contributed by atoms with Gasteiger partial charge in [-0.2, -0.15) is 5.26 Å². The van der Waals surface area contributed by atoms with Crippen molar-refractivity contribution in [1.82, 2.24) is 25.3 Å². The van der Waals surface area contributed by atoms with Gasteiger partial charge in [-0.15, -0.1) is 10.2 Å². The Kier molecular flexibility index (Phi) is 8.69. The van der Waals surface area contributed by atoms with Gasteiger partial charge in [-0.3, -0.25) is 9.59 Å². The molecule has 216 valence electrons. The number of piperidine rings is 1. The first kappa shape index (κ1) is 28.7. The van der Waals surface area contributed by atoms with Gasteiger partial charge in [0.05, 0.1) is 18.0 Å². The van der Waals surface area contributed by atoms with Crippen molar-refractivity contribution >= 4 is 11.8 Å². The number of allylic oxidation sites excluding steroid dienone is 4. The predicted molar refractivity (Wildman–Crippen MR) is 155 cm³/mol. The molecule has 1 aliphatic heterocycles. The number of nitrogens with zero attached hydrogens (tertiary/aromatic N) is 5. The Balaban J connectivity index is 1.52. The molecular weight excluding hydrogens is 516 g/mol. The summed E-state index contributed by atoms with van der Waals surface area (Å²) in [4.78, 5) is 29.3. The Morgan fingerprint density at radius 2 is 2.05 bits per heavy atom. The van der Waals surface area contributed by atoms with Gasteiger partial charge in [-0.05, 0) is 98.7 Å². The first-order chi connectivity index (χ1) is 19.8.